The summed E-state index contributed by atoms with van der Waals surface area (Å²) in [5.74, 6) is 1.23. The van der Waals surface area contributed by atoms with Gasteiger partial charge in [-0.1, -0.05) is 0 Å². The molecule has 0 radical (unpaired) electrons. The lowest BCUT2D eigenvalue weighted by atomic mass is 10.2. The van der Waals surface area contributed by atoms with Gasteiger partial charge in [0.15, 0.2) is 6.29 Å². The normalized spacial score (nSPS) is 10.8. The van der Waals surface area contributed by atoms with Gasteiger partial charge in [0, 0.05) is 23.3 Å². The lowest BCUT2D eigenvalue weighted by Gasteiger charge is -2.04. The van der Waals surface area contributed by atoms with Crippen LogP contribution in [-0.4, -0.2) is 23.8 Å². The van der Waals surface area contributed by atoms with Crippen LogP contribution in [-0.2, 0) is 6.54 Å². The smallest absolute Gasteiger partial charge is 0.153 e. The molecule has 0 saturated carbocycles. The fraction of sp³-hybridized carbons (Fsp3) is 0.250. The Labute approximate surface area is 112 Å². The zero-order valence-corrected chi connectivity index (χ0v) is 11.6. The molecule has 0 bridgehead atoms. The highest BCUT2D eigenvalue weighted by Gasteiger charge is 2.14. The molecule has 0 aliphatic heterocycles. The molecule has 0 amide bonds. The van der Waals surface area contributed by atoms with Gasteiger partial charge in [0.05, 0.1) is 17.3 Å². The third kappa shape index (κ3) is 2.07. The summed E-state index contributed by atoms with van der Waals surface area (Å²) in [4.78, 5) is 11.1. The highest BCUT2D eigenvalue weighted by atomic mass is 79.9. The lowest BCUT2D eigenvalue weighted by molar-refractivity contribution is 0.112. The number of rotatable bonds is 4. The Kier molecular flexibility index (Phi) is 3.74. The van der Waals surface area contributed by atoms with Crippen molar-refractivity contribution < 1.29 is 9.53 Å². The minimum absolute atomic E-state index is 0.493. The Morgan fingerprint density at radius 1 is 1.53 bits per heavy atom. The summed E-state index contributed by atoms with van der Waals surface area (Å²) >= 11 is 9.20. The number of aryl methyl sites for hydroxylation is 1. The van der Waals surface area contributed by atoms with E-state index >= 15 is 0 Å². The first-order valence-corrected chi connectivity index (χ1v) is 6.42. The molecule has 3 nitrogen and oxygen atoms in total. The summed E-state index contributed by atoms with van der Waals surface area (Å²) in [5.41, 5.74) is 1.60. The van der Waals surface area contributed by atoms with Crippen LogP contribution in [0.5, 0.6) is 5.75 Å². The number of aldehydes is 1. The number of fused-ring (bicyclic) bond motifs is 1. The van der Waals surface area contributed by atoms with Gasteiger partial charge in [-0.3, -0.25) is 4.79 Å². The van der Waals surface area contributed by atoms with E-state index in [4.69, 9.17) is 16.3 Å². The van der Waals surface area contributed by atoms with E-state index in [9.17, 15) is 4.79 Å². The predicted octanol–water partition coefficient (Wildman–Crippen LogP) is 3.46. The van der Waals surface area contributed by atoms with E-state index in [0.29, 0.717) is 18.0 Å². The largest absolute Gasteiger partial charge is 0.497 e. The number of ether oxygens (including phenoxy) is 1. The maximum atomic E-state index is 11.1. The molecule has 5 heteroatoms. The van der Waals surface area contributed by atoms with Crippen LogP contribution in [0.3, 0.4) is 0 Å². The van der Waals surface area contributed by atoms with Crippen LogP contribution in [0.15, 0.2) is 22.8 Å². The molecule has 0 N–H and O–H groups in total. The minimum Gasteiger partial charge on any atom is -0.497 e. The van der Waals surface area contributed by atoms with Crippen LogP contribution in [0.25, 0.3) is 10.9 Å². The van der Waals surface area contributed by atoms with Gasteiger partial charge in [0.1, 0.15) is 5.75 Å². The van der Waals surface area contributed by atoms with Crippen LogP contribution in [0, 0.1) is 0 Å². The first kappa shape index (κ1) is 12.5. The van der Waals surface area contributed by atoms with Crippen molar-refractivity contribution in [1.82, 2.24) is 4.57 Å². The summed E-state index contributed by atoms with van der Waals surface area (Å²) in [6, 6.07) is 5.65. The molecular weight excluding hydrogens is 305 g/mol. The van der Waals surface area contributed by atoms with Crippen molar-refractivity contribution >= 4 is 44.7 Å². The minimum atomic E-state index is 0.493. The van der Waals surface area contributed by atoms with Gasteiger partial charge < -0.3 is 9.30 Å². The number of aromatic nitrogens is 1. The van der Waals surface area contributed by atoms with Crippen LogP contribution >= 0.6 is 27.5 Å². The maximum Gasteiger partial charge on any atom is 0.153 e. The summed E-state index contributed by atoms with van der Waals surface area (Å²) in [5, 5.41) is 0.872. The molecule has 0 unspecified atom stereocenters. The van der Waals surface area contributed by atoms with E-state index in [1.54, 1.807) is 7.11 Å². The number of alkyl halides is 1. The number of halogens is 2. The number of carbonyl (C=O) groups excluding carboxylic acids is 1. The lowest BCUT2D eigenvalue weighted by Crippen LogP contribution is -1.99. The van der Waals surface area contributed by atoms with E-state index in [1.807, 2.05) is 22.8 Å². The van der Waals surface area contributed by atoms with Crippen molar-refractivity contribution in [3.8, 4) is 5.75 Å². The standard InChI is InChI=1S/C12H11BrClNO2/c1-17-8-2-3-11-9(6-8)10(7-16)12(13)15(11)5-4-14/h2-3,6-7H,4-5H2,1H3. The molecule has 17 heavy (non-hydrogen) atoms. The van der Waals surface area contributed by atoms with Crippen molar-refractivity contribution in [2.45, 2.75) is 6.54 Å². The average molecular weight is 317 g/mol. The van der Waals surface area contributed by atoms with E-state index in [0.717, 1.165) is 27.5 Å². The zero-order valence-electron chi connectivity index (χ0n) is 9.24. The quantitative estimate of drug-likeness (QED) is 0.639. The number of nitrogens with zero attached hydrogens (tertiary/aromatic N) is 1. The highest BCUT2D eigenvalue weighted by molar-refractivity contribution is 9.10. The Balaban J connectivity index is 2.75. The fourth-order valence-corrected chi connectivity index (χ4v) is 2.72. The molecule has 90 valence electrons. The molecule has 0 aliphatic carbocycles. The average Bonchev–Trinajstić information content (AvgIpc) is 2.62. The third-order valence-corrected chi connectivity index (χ3v) is 3.69. The fourth-order valence-electron chi connectivity index (χ4n) is 1.87. The second-order valence-electron chi connectivity index (χ2n) is 3.55. The topological polar surface area (TPSA) is 31.2 Å². The second kappa shape index (κ2) is 5.10. The van der Waals surface area contributed by atoms with Crippen molar-refractivity contribution in [3.05, 3.63) is 28.4 Å². The van der Waals surface area contributed by atoms with Gasteiger partial charge in [-0.2, -0.15) is 0 Å². The van der Waals surface area contributed by atoms with Crippen molar-refractivity contribution in [2.24, 2.45) is 0 Å². The van der Waals surface area contributed by atoms with Crippen molar-refractivity contribution in [2.75, 3.05) is 13.0 Å². The molecule has 0 atom stereocenters. The zero-order chi connectivity index (χ0) is 12.4. The van der Waals surface area contributed by atoms with Gasteiger partial charge in [-0.15, -0.1) is 11.6 Å². The van der Waals surface area contributed by atoms with E-state index < -0.39 is 0 Å². The van der Waals surface area contributed by atoms with Crippen molar-refractivity contribution in [1.29, 1.82) is 0 Å². The Morgan fingerprint density at radius 2 is 2.29 bits per heavy atom. The molecule has 1 aromatic carbocycles. The summed E-state index contributed by atoms with van der Waals surface area (Å²) < 4.78 is 7.90. The van der Waals surface area contributed by atoms with Gasteiger partial charge >= 0.3 is 0 Å². The molecule has 1 aromatic heterocycles. The van der Waals surface area contributed by atoms with Gasteiger partial charge in [0.2, 0.25) is 0 Å². The van der Waals surface area contributed by atoms with Gasteiger partial charge in [-0.25, -0.2) is 0 Å². The third-order valence-electron chi connectivity index (χ3n) is 2.67. The molecule has 1 heterocycles. The molecule has 0 saturated heterocycles. The summed E-state index contributed by atoms with van der Waals surface area (Å²) in [7, 11) is 1.60. The first-order valence-electron chi connectivity index (χ1n) is 5.09. The number of methoxy groups -OCH3 is 1. The van der Waals surface area contributed by atoms with E-state index in [1.165, 1.54) is 0 Å². The molecular formula is C12H11BrClNO2. The number of benzene rings is 1. The summed E-state index contributed by atoms with van der Waals surface area (Å²) in [6.07, 6.45) is 0.844. The Morgan fingerprint density at radius 3 is 2.88 bits per heavy atom. The van der Waals surface area contributed by atoms with Crippen LogP contribution in [0.1, 0.15) is 10.4 Å². The Hall–Kier alpha value is -1.00. The first-order chi connectivity index (χ1) is 8.22. The summed E-state index contributed by atoms with van der Waals surface area (Å²) in [6.45, 7) is 0.652. The maximum absolute atomic E-state index is 11.1. The van der Waals surface area contributed by atoms with Crippen LogP contribution in [0.4, 0.5) is 0 Å². The molecule has 2 aromatic rings. The molecule has 0 fully saturated rings. The molecule has 2 rings (SSSR count). The monoisotopic (exact) mass is 315 g/mol. The van der Waals surface area contributed by atoms with Crippen LogP contribution < -0.4 is 4.74 Å². The molecule has 0 spiro atoms. The second-order valence-corrected chi connectivity index (χ2v) is 4.68. The number of carbonyl (C=O) groups is 1. The van der Waals surface area contributed by atoms with E-state index in [2.05, 4.69) is 15.9 Å². The molecule has 0 aliphatic rings. The van der Waals surface area contributed by atoms with Gasteiger partial charge in [0.25, 0.3) is 0 Å². The SMILES string of the molecule is COc1ccc2c(c1)c(C=O)c(Br)n2CCCl. The number of hydrogen-bond donors (Lipinski definition) is 0. The van der Waals surface area contributed by atoms with Crippen LogP contribution in [0.2, 0.25) is 0 Å². The van der Waals surface area contributed by atoms with E-state index in [-0.39, 0.29) is 0 Å². The van der Waals surface area contributed by atoms with Crippen molar-refractivity contribution in [3.63, 3.8) is 0 Å². The predicted molar refractivity (Wildman–Crippen MR) is 72.3 cm³/mol. The number of hydrogen-bond acceptors (Lipinski definition) is 2. The Bertz CT molecular complexity index is 565. The van der Waals surface area contributed by atoms with Gasteiger partial charge in [-0.05, 0) is 34.1 Å². The highest BCUT2D eigenvalue weighted by Crippen LogP contribution is 2.31.